The standard InChI is InChI=1S/C26H23N5O2S/c1-18-11-9-10-16-22(18)32-17-23-27-30-26(31(23)21-14-7-4-8-15-21)34-19(2)24-28-29-25(33-24)20-12-5-3-6-13-20/h3-16,19H,17H2,1-2H3. The van der Waals surface area contributed by atoms with Crippen molar-refractivity contribution in [3.63, 3.8) is 0 Å². The summed E-state index contributed by atoms with van der Waals surface area (Å²) in [4.78, 5) is 0. The van der Waals surface area contributed by atoms with Crippen LogP contribution >= 0.6 is 11.8 Å². The Bertz CT molecular complexity index is 1370. The van der Waals surface area contributed by atoms with Crippen molar-refractivity contribution in [3.05, 3.63) is 102 Å². The van der Waals surface area contributed by atoms with Crippen LogP contribution in [-0.4, -0.2) is 25.0 Å². The molecule has 5 aromatic rings. The molecular formula is C26H23N5O2S. The smallest absolute Gasteiger partial charge is 0.247 e. The summed E-state index contributed by atoms with van der Waals surface area (Å²) in [5.41, 5.74) is 2.92. The molecule has 0 N–H and O–H groups in total. The predicted molar refractivity (Wildman–Crippen MR) is 131 cm³/mol. The van der Waals surface area contributed by atoms with Crippen molar-refractivity contribution < 1.29 is 9.15 Å². The highest BCUT2D eigenvalue weighted by molar-refractivity contribution is 7.99. The van der Waals surface area contributed by atoms with Crippen LogP contribution in [0, 0.1) is 6.92 Å². The van der Waals surface area contributed by atoms with Gasteiger partial charge in [0.1, 0.15) is 12.4 Å². The van der Waals surface area contributed by atoms with E-state index in [-0.39, 0.29) is 5.25 Å². The molecule has 0 spiro atoms. The van der Waals surface area contributed by atoms with Crippen molar-refractivity contribution in [3.8, 4) is 22.9 Å². The van der Waals surface area contributed by atoms with E-state index in [1.54, 1.807) is 0 Å². The second kappa shape index (κ2) is 9.93. The van der Waals surface area contributed by atoms with Crippen LogP contribution in [0.5, 0.6) is 5.75 Å². The van der Waals surface area contributed by atoms with E-state index in [1.165, 1.54) is 11.8 Å². The molecule has 2 heterocycles. The van der Waals surface area contributed by atoms with Gasteiger partial charge in [-0.25, -0.2) is 0 Å². The van der Waals surface area contributed by atoms with Crippen LogP contribution < -0.4 is 4.74 Å². The monoisotopic (exact) mass is 469 g/mol. The quantitative estimate of drug-likeness (QED) is 0.256. The Hall–Kier alpha value is -3.91. The van der Waals surface area contributed by atoms with Gasteiger partial charge in [-0.1, -0.05) is 66.4 Å². The summed E-state index contributed by atoms with van der Waals surface area (Å²) in [6.07, 6.45) is 0. The third-order valence-corrected chi connectivity index (χ3v) is 6.29. The first-order chi connectivity index (χ1) is 16.7. The number of aromatic nitrogens is 5. The molecule has 1 unspecified atom stereocenters. The van der Waals surface area contributed by atoms with Gasteiger partial charge in [-0.2, -0.15) is 0 Å². The van der Waals surface area contributed by atoms with Crippen molar-refractivity contribution in [1.82, 2.24) is 25.0 Å². The summed E-state index contributed by atoms with van der Waals surface area (Å²) in [7, 11) is 0. The van der Waals surface area contributed by atoms with Gasteiger partial charge in [0.25, 0.3) is 0 Å². The SMILES string of the molecule is Cc1ccccc1OCc1nnc(SC(C)c2nnc(-c3ccccc3)o2)n1-c1ccccc1. The van der Waals surface area contributed by atoms with Gasteiger partial charge in [0.05, 0.1) is 5.25 Å². The van der Waals surface area contributed by atoms with E-state index in [9.17, 15) is 0 Å². The van der Waals surface area contributed by atoms with E-state index in [0.717, 1.165) is 27.7 Å². The van der Waals surface area contributed by atoms with E-state index in [2.05, 4.69) is 20.4 Å². The van der Waals surface area contributed by atoms with Crippen molar-refractivity contribution in [2.45, 2.75) is 30.9 Å². The fourth-order valence-corrected chi connectivity index (χ4v) is 4.39. The summed E-state index contributed by atoms with van der Waals surface area (Å²) in [5, 5.41) is 18.0. The highest BCUT2D eigenvalue weighted by Gasteiger charge is 2.22. The van der Waals surface area contributed by atoms with Crippen LogP contribution in [0.2, 0.25) is 0 Å². The number of hydrogen-bond donors (Lipinski definition) is 0. The van der Waals surface area contributed by atoms with E-state index >= 15 is 0 Å². The van der Waals surface area contributed by atoms with Gasteiger partial charge < -0.3 is 9.15 Å². The third kappa shape index (κ3) is 4.72. The molecule has 8 heteroatoms. The van der Waals surface area contributed by atoms with Crippen LogP contribution in [0.25, 0.3) is 17.1 Å². The lowest BCUT2D eigenvalue weighted by atomic mass is 10.2. The molecule has 0 saturated carbocycles. The van der Waals surface area contributed by atoms with Gasteiger partial charge in [0.15, 0.2) is 11.0 Å². The highest BCUT2D eigenvalue weighted by atomic mass is 32.2. The molecule has 7 nitrogen and oxygen atoms in total. The molecule has 0 bridgehead atoms. The lowest BCUT2D eigenvalue weighted by Gasteiger charge is -2.13. The first-order valence-corrected chi connectivity index (χ1v) is 11.8. The largest absolute Gasteiger partial charge is 0.485 e. The Balaban J connectivity index is 1.40. The molecule has 0 aliphatic heterocycles. The maximum Gasteiger partial charge on any atom is 0.247 e. The van der Waals surface area contributed by atoms with Crippen LogP contribution in [0.3, 0.4) is 0 Å². The molecule has 0 amide bonds. The Morgan fingerprint density at radius 3 is 2.32 bits per heavy atom. The maximum atomic E-state index is 6.07. The van der Waals surface area contributed by atoms with Gasteiger partial charge >= 0.3 is 0 Å². The van der Waals surface area contributed by atoms with Crippen molar-refractivity contribution in [1.29, 1.82) is 0 Å². The molecule has 1 atom stereocenters. The number of aryl methyl sites for hydroxylation is 1. The van der Waals surface area contributed by atoms with Crippen molar-refractivity contribution >= 4 is 11.8 Å². The number of nitrogens with zero attached hydrogens (tertiary/aromatic N) is 5. The van der Waals surface area contributed by atoms with Crippen molar-refractivity contribution in [2.24, 2.45) is 0 Å². The Morgan fingerprint density at radius 1 is 0.853 bits per heavy atom. The molecular weight excluding hydrogens is 446 g/mol. The number of benzene rings is 3. The molecule has 3 aromatic carbocycles. The Labute approximate surface area is 201 Å². The number of rotatable bonds is 8. The molecule has 0 aliphatic carbocycles. The minimum Gasteiger partial charge on any atom is -0.485 e. The Kier molecular flexibility index (Phi) is 6.40. The maximum absolute atomic E-state index is 6.07. The average molecular weight is 470 g/mol. The summed E-state index contributed by atoms with van der Waals surface area (Å²) in [6, 6.07) is 27.7. The minimum atomic E-state index is -0.123. The van der Waals surface area contributed by atoms with Gasteiger partial charge in [-0.3, -0.25) is 4.57 Å². The van der Waals surface area contributed by atoms with Crippen molar-refractivity contribution in [2.75, 3.05) is 0 Å². The predicted octanol–water partition coefficient (Wildman–Crippen LogP) is 6.06. The van der Waals surface area contributed by atoms with E-state index in [1.807, 2.05) is 103 Å². The second-order valence-electron chi connectivity index (χ2n) is 7.70. The minimum absolute atomic E-state index is 0.123. The normalized spacial score (nSPS) is 11.9. The van der Waals surface area contributed by atoms with E-state index in [4.69, 9.17) is 9.15 Å². The zero-order chi connectivity index (χ0) is 23.3. The Morgan fingerprint density at radius 2 is 1.56 bits per heavy atom. The number of para-hydroxylation sites is 2. The summed E-state index contributed by atoms with van der Waals surface area (Å²) in [5.74, 6) is 2.57. The third-order valence-electron chi connectivity index (χ3n) is 5.26. The fourth-order valence-electron chi connectivity index (χ4n) is 3.47. The average Bonchev–Trinajstić information content (AvgIpc) is 3.52. The second-order valence-corrected chi connectivity index (χ2v) is 9.00. The molecule has 0 aliphatic rings. The summed E-state index contributed by atoms with van der Waals surface area (Å²) < 4.78 is 14.0. The summed E-state index contributed by atoms with van der Waals surface area (Å²) in [6.45, 7) is 4.33. The number of thioether (sulfide) groups is 1. The number of ether oxygens (including phenoxy) is 1. The van der Waals surface area contributed by atoms with Gasteiger partial charge in [-0.15, -0.1) is 20.4 Å². The van der Waals surface area contributed by atoms with Crippen LogP contribution in [0.1, 0.15) is 29.5 Å². The van der Waals surface area contributed by atoms with Crippen LogP contribution in [0.4, 0.5) is 0 Å². The number of hydrogen-bond acceptors (Lipinski definition) is 7. The molecule has 0 fully saturated rings. The zero-order valence-electron chi connectivity index (χ0n) is 18.8. The van der Waals surface area contributed by atoms with Crippen LogP contribution in [0.15, 0.2) is 94.5 Å². The molecule has 34 heavy (non-hydrogen) atoms. The first kappa shape index (κ1) is 21.9. The molecule has 0 saturated heterocycles. The molecule has 170 valence electrons. The first-order valence-electron chi connectivity index (χ1n) is 10.9. The van der Waals surface area contributed by atoms with E-state index in [0.29, 0.717) is 24.2 Å². The molecule has 0 radical (unpaired) electrons. The summed E-state index contributed by atoms with van der Waals surface area (Å²) >= 11 is 1.51. The van der Waals surface area contributed by atoms with E-state index < -0.39 is 0 Å². The van der Waals surface area contributed by atoms with Gasteiger partial charge in [-0.05, 0) is 49.7 Å². The highest BCUT2D eigenvalue weighted by Crippen LogP contribution is 2.35. The molecule has 2 aromatic heterocycles. The van der Waals surface area contributed by atoms with Gasteiger partial charge in [0, 0.05) is 11.3 Å². The van der Waals surface area contributed by atoms with Crippen LogP contribution in [-0.2, 0) is 6.61 Å². The van der Waals surface area contributed by atoms with Gasteiger partial charge in [0.2, 0.25) is 11.8 Å². The lowest BCUT2D eigenvalue weighted by Crippen LogP contribution is -2.07. The zero-order valence-corrected chi connectivity index (χ0v) is 19.6. The lowest BCUT2D eigenvalue weighted by molar-refractivity contribution is 0.291. The topological polar surface area (TPSA) is 78.9 Å². The molecule has 5 rings (SSSR count). The fraction of sp³-hybridized carbons (Fsp3) is 0.154.